The summed E-state index contributed by atoms with van der Waals surface area (Å²) in [7, 11) is 0. The van der Waals surface area contributed by atoms with Crippen molar-refractivity contribution in [3.63, 3.8) is 0 Å². The molecule has 2 heterocycles. The number of rotatable bonds is 4. The standard InChI is InChI=1S/C12H11F3N4O2/c13-12(14,15)10(19-5-1-4-18-19)7-17-11(21)9-3-2-8(20)6-16-9/h1-6,10,20H,7H2,(H,17,21). The van der Waals surface area contributed by atoms with E-state index in [1.54, 1.807) is 0 Å². The highest BCUT2D eigenvalue weighted by molar-refractivity contribution is 5.92. The largest absolute Gasteiger partial charge is 0.506 e. The van der Waals surface area contributed by atoms with Gasteiger partial charge in [-0.1, -0.05) is 0 Å². The van der Waals surface area contributed by atoms with E-state index in [-0.39, 0.29) is 11.4 Å². The van der Waals surface area contributed by atoms with Crippen LogP contribution in [0.4, 0.5) is 13.2 Å². The van der Waals surface area contributed by atoms with Crippen molar-refractivity contribution in [3.05, 3.63) is 42.5 Å². The molecule has 21 heavy (non-hydrogen) atoms. The van der Waals surface area contributed by atoms with Crippen LogP contribution in [0.25, 0.3) is 0 Å². The summed E-state index contributed by atoms with van der Waals surface area (Å²) < 4.78 is 39.5. The molecule has 0 radical (unpaired) electrons. The Morgan fingerprint density at radius 2 is 2.19 bits per heavy atom. The van der Waals surface area contributed by atoms with Crippen molar-refractivity contribution in [1.29, 1.82) is 0 Å². The van der Waals surface area contributed by atoms with E-state index in [4.69, 9.17) is 5.11 Å². The summed E-state index contributed by atoms with van der Waals surface area (Å²) in [5, 5.41) is 14.7. The van der Waals surface area contributed by atoms with Gasteiger partial charge in [-0.15, -0.1) is 0 Å². The van der Waals surface area contributed by atoms with Crippen molar-refractivity contribution in [1.82, 2.24) is 20.1 Å². The smallest absolute Gasteiger partial charge is 0.412 e. The summed E-state index contributed by atoms with van der Waals surface area (Å²) >= 11 is 0. The van der Waals surface area contributed by atoms with Gasteiger partial charge in [-0.3, -0.25) is 9.48 Å². The number of hydrogen-bond acceptors (Lipinski definition) is 4. The van der Waals surface area contributed by atoms with E-state index in [0.717, 1.165) is 10.9 Å². The first-order valence-corrected chi connectivity index (χ1v) is 5.87. The van der Waals surface area contributed by atoms with Gasteiger partial charge in [0.1, 0.15) is 11.4 Å². The number of aromatic nitrogens is 3. The van der Waals surface area contributed by atoms with E-state index in [2.05, 4.69) is 15.4 Å². The Hall–Kier alpha value is -2.58. The maximum Gasteiger partial charge on any atom is 0.412 e. The van der Waals surface area contributed by atoms with Crippen LogP contribution in [0, 0.1) is 0 Å². The van der Waals surface area contributed by atoms with Crippen LogP contribution in [0.1, 0.15) is 16.5 Å². The van der Waals surface area contributed by atoms with Gasteiger partial charge < -0.3 is 10.4 Å². The molecule has 0 aromatic carbocycles. The van der Waals surface area contributed by atoms with Crippen LogP contribution in [-0.4, -0.2) is 38.5 Å². The molecule has 0 spiro atoms. The Kier molecular flexibility index (Phi) is 4.10. The summed E-state index contributed by atoms with van der Waals surface area (Å²) in [6.45, 7) is -0.674. The van der Waals surface area contributed by atoms with E-state index in [0.29, 0.717) is 0 Å². The molecule has 0 saturated heterocycles. The van der Waals surface area contributed by atoms with Crippen molar-refractivity contribution in [3.8, 4) is 5.75 Å². The van der Waals surface area contributed by atoms with Crippen molar-refractivity contribution in [2.24, 2.45) is 0 Å². The fourth-order valence-corrected chi connectivity index (χ4v) is 1.62. The molecule has 1 amide bonds. The summed E-state index contributed by atoms with van der Waals surface area (Å²) in [4.78, 5) is 15.3. The highest BCUT2D eigenvalue weighted by Gasteiger charge is 2.41. The maximum atomic E-state index is 12.9. The van der Waals surface area contributed by atoms with Gasteiger partial charge in [-0.2, -0.15) is 18.3 Å². The molecular weight excluding hydrogens is 289 g/mol. The number of alkyl halides is 3. The summed E-state index contributed by atoms with van der Waals surface area (Å²) in [6.07, 6.45) is -1.13. The van der Waals surface area contributed by atoms with E-state index >= 15 is 0 Å². The number of aromatic hydroxyl groups is 1. The summed E-state index contributed by atoms with van der Waals surface area (Å²) in [5.41, 5.74) is -0.0887. The van der Waals surface area contributed by atoms with Crippen LogP contribution < -0.4 is 5.32 Å². The first kappa shape index (κ1) is 14.8. The first-order chi connectivity index (χ1) is 9.88. The minimum Gasteiger partial charge on any atom is -0.506 e. The molecule has 2 aromatic rings. The van der Waals surface area contributed by atoms with Gasteiger partial charge in [0.2, 0.25) is 0 Å². The number of nitrogens with one attached hydrogen (secondary N) is 1. The third-order valence-electron chi connectivity index (χ3n) is 2.66. The molecule has 2 rings (SSSR count). The van der Waals surface area contributed by atoms with Crippen LogP contribution in [0.5, 0.6) is 5.75 Å². The minimum absolute atomic E-state index is 0.0887. The second-order valence-electron chi connectivity index (χ2n) is 4.16. The number of pyridine rings is 1. The molecule has 0 aliphatic carbocycles. The predicted molar refractivity (Wildman–Crippen MR) is 65.6 cm³/mol. The quantitative estimate of drug-likeness (QED) is 0.897. The van der Waals surface area contributed by atoms with Crippen LogP contribution in [0.2, 0.25) is 0 Å². The highest BCUT2D eigenvalue weighted by atomic mass is 19.4. The molecule has 6 nitrogen and oxygen atoms in total. The van der Waals surface area contributed by atoms with Crippen LogP contribution >= 0.6 is 0 Å². The monoisotopic (exact) mass is 300 g/mol. The molecule has 2 N–H and O–H groups in total. The number of halogens is 3. The van der Waals surface area contributed by atoms with Gasteiger partial charge in [0.15, 0.2) is 6.04 Å². The molecule has 9 heteroatoms. The summed E-state index contributed by atoms with van der Waals surface area (Å²) in [5.74, 6) is -0.910. The topological polar surface area (TPSA) is 80.0 Å². The second-order valence-corrected chi connectivity index (χ2v) is 4.16. The van der Waals surface area contributed by atoms with Crippen LogP contribution in [-0.2, 0) is 0 Å². The number of carbonyl (C=O) groups is 1. The van der Waals surface area contributed by atoms with E-state index < -0.39 is 24.7 Å². The Labute approximate surface area is 117 Å². The maximum absolute atomic E-state index is 12.9. The lowest BCUT2D eigenvalue weighted by Gasteiger charge is -2.21. The predicted octanol–water partition coefficient (Wildman–Crippen LogP) is 1.52. The van der Waals surface area contributed by atoms with Crippen LogP contribution in [0.3, 0.4) is 0 Å². The van der Waals surface area contributed by atoms with Crippen molar-refractivity contribution in [2.75, 3.05) is 6.54 Å². The molecule has 0 saturated carbocycles. The van der Waals surface area contributed by atoms with Gasteiger partial charge >= 0.3 is 6.18 Å². The number of amides is 1. The van der Waals surface area contributed by atoms with Crippen molar-refractivity contribution < 1.29 is 23.1 Å². The Morgan fingerprint density at radius 1 is 1.43 bits per heavy atom. The highest BCUT2D eigenvalue weighted by Crippen LogP contribution is 2.29. The number of carbonyl (C=O) groups excluding carboxylic acids is 1. The number of nitrogens with zero attached hydrogens (tertiary/aromatic N) is 3. The van der Waals surface area contributed by atoms with E-state index in [1.807, 2.05) is 0 Å². The van der Waals surface area contributed by atoms with Crippen molar-refractivity contribution in [2.45, 2.75) is 12.2 Å². The summed E-state index contributed by atoms with van der Waals surface area (Å²) in [6, 6.07) is 1.83. The first-order valence-electron chi connectivity index (χ1n) is 5.87. The van der Waals surface area contributed by atoms with Crippen molar-refractivity contribution >= 4 is 5.91 Å². The fraction of sp³-hybridized carbons (Fsp3) is 0.250. The Balaban J connectivity index is 2.05. The Morgan fingerprint density at radius 3 is 2.71 bits per heavy atom. The molecule has 0 fully saturated rings. The molecule has 112 valence electrons. The molecule has 0 bridgehead atoms. The molecular formula is C12H11F3N4O2. The lowest BCUT2D eigenvalue weighted by Crippen LogP contribution is -2.38. The molecule has 1 unspecified atom stereocenters. The molecule has 1 atom stereocenters. The van der Waals surface area contributed by atoms with E-state index in [1.165, 1.54) is 30.6 Å². The normalized spacial score (nSPS) is 12.9. The van der Waals surface area contributed by atoms with Gasteiger partial charge in [0.05, 0.1) is 6.20 Å². The average Bonchev–Trinajstić information content (AvgIpc) is 2.91. The lowest BCUT2D eigenvalue weighted by atomic mass is 10.2. The SMILES string of the molecule is O=C(NCC(n1cccn1)C(F)(F)F)c1ccc(O)cn1. The third kappa shape index (κ3) is 3.71. The fourth-order valence-electron chi connectivity index (χ4n) is 1.62. The van der Waals surface area contributed by atoms with Gasteiger partial charge in [-0.05, 0) is 18.2 Å². The van der Waals surface area contributed by atoms with Gasteiger partial charge in [-0.25, -0.2) is 4.98 Å². The minimum atomic E-state index is -4.55. The number of hydrogen-bond donors (Lipinski definition) is 2. The zero-order valence-corrected chi connectivity index (χ0v) is 10.6. The average molecular weight is 300 g/mol. The second kappa shape index (κ2) is 5.81. The zero-order chi connectivity index (χ0) is 15.5. The van der Waals surface area contributed by atoms with Gasteiger partial charge in [0.25, 0.3) is 5.91 Å². The van der Waals surface area contributed by atoms with Gasteiger partial charge in [0, 0.05) is 18.9 Å². The third-order valence-corrected chi connectivity index (χ3v) is 2.66. The van der Waals surface area contributed by atoms with Crippen LogP contribution in [0.15, 0.2) is 36.8 Å². The zero-order valence-electron chi connectivity index (χ0n) is 10.6. The molecule has 0 aliphatic rings. The lowest BCUT2D eigenvalue weighted by molar-refractivity contribution is -0.168. The molecule has 0 aliphatic heterocycles. The Bertz CT molecular complexity index is 596. The molecule has 2 aromatic heterocycles. The van der Waals surface area contributed by atoms with E-state index in [9.17, 15) is 18.0 Å².